The van der Waals surface area contributed by atoms with Crippen molar-refractivity contribution in [1.82, 2.24) is 5.32 Å². The summed E-state index contributed by atoms with van der Waals surface area (Å²) in [7, 11) is 0. The molecule has 8 heteroatoms. The molecule has 0 unspecified atom stereocenters. The van der Waals surface area contributed by atoms with E-state index in [0.717, 1.165) is 16.8 Å². The number of hydrogen-bond acceptors (Lipinski definition) is 5. The third-order valence-corrected chi connectivity index (χ3v) is 6.17. The number of hydrogen-bond donors (Lipinski definition) is 2. The Morgan fingerprint density at radius 1 is 0.871 bits per heavy atom. The van der Waals surface area contributed by atoms with Gasteiger partial charge in [-0.25, -0.2) is 0 Å². The Balaban J connectivity index is 1.59. The highest BCUT2D eigenvalue weighted by Crippen LogP contribution is 2.39. The van der Waals surface area contributed by atoms with Crippen molar-refractivity contribution in [3.05, 3.63) is 86.4 Å². The van der Waals surface area contributed by atoms with Gasteiger partial charge in [0.25, 0.3) is 0 Å². The van der Waals surface area contributed by atoms with E-state index in [0.29, 0.717) is 38.6 Å². The molecule has 3 aromatic carbocycles. The fraction of sp³-hybridized carbons (Fsp3) is 0.174. The lowest BCUT2D eigenvalue weighted by Gasteiger charge is -2.31. The number of nitrogens with one attached hydrogen (secondary N) is 1. The van der Waals surface area contributed by atoms with Gasteiger partial charge in [-0.3, -0.25) is 10.3 Å². The number of phenolic OH excluding ortho intramolecular Hbond substituents is 1. The van der Waals surface area contributed by atoms with E-state index in [4.69, 9.17) is 49.3 Å². The fourth-order valence-electron chi connectivity index (χ4n) is 3.84. The number of phenols is 1. The van der Waals surface area contributed by atoms with Gasteiger partial charge in [0, 0.05) is 44.4 Å². The predicted molar refractivity (Wildman–Crippen MR) is 122 cm³/mol. The van der Waals surface area contributed by atoms with Crippen LogP contribution in [0.4, 0.5) is 0 Å². The molecule has 0 aromatic heterocycles. The molecule has 2 heterocycles. The van der Waals surface area contributed by atoms with Crippen molar-refractivity contribution < 1.29 is 14.6 Å². The average molecular weight is 476 g/mol. The maximum atomic E-state index is 10.5. The van der Waals surface area contributed by atoms with E-state index in [1.165, 1.54) is 0 Å². The van der Waals surface area contributed by atoms with Gasteiger partial charge in [0.1, 0.15) is 11.9 Å². The molecular formula is C23H17Cl3N2O3. The van der Waals surface area contributed by atoms with Crippen LogP contribution in [0.2, 0.25) is 15.1 Å². The number of rotatable bonds is 3. The molecule has 0 amide bonds. The summed E-state index contributed by atoms with van der Waals surface area (Å²) >= 11 is 18.8. The Bertz CT molecular complexity index is 1200. The Labute approximate surface area is 194 Å². The van der Waals surface area contributed by atoms with Crippen molar-refractivity contribution in [2.75, 3.05) is 6.79 Å². The molecule has 5 nitrogen and oxygen atoms in total. The van der Waals surface area contributed by atoms with Crippen LogP contribution in [-0.4, -0.2) is 17.6 Å². The quantitative estimate of drug-likeness (QED) is 0.466. The topological polar surface area (TPSA) is 63.1 Å². The average Bonchev–Trinajstić information content (AvgIpc) is 3.23. The summed E-state index contributed by atoms with van der Waals surface area (Å²) in [6.07, 6.45) is 0.0947. The standard InChI is InChI=1S/C23H17Cl3N2O3/c24-13-3-5-20(29)16(8-13)19-10-18(12-1-6-21-22(7-12)31-11-30-21)27-23(28-19)15-4-2-14(25)9-17(15)26/h1-9,19,23,28-29H,10-11H2/t19-,23+/m1/s1. The SMILES string of the molecule is Oc1ccc(Cl)cc1[C@H]1CC(c2ccc3c(c2)OCO3)=N[C@H](c2ccc(Cl)cc2Cl)N1. The van der Waals surface area contributed by atoms with E-state index in [1.807, 2.05) is 24.3 Å². The van der Waals surface area contributed by atoms with Crippen molar-refractivity contribution in [3.63, 3.8) is 0 Å². The molecule has 2 aliphatic heterocycles. The minimum absolute atomic E-state index is 0.162. The van der Waals surface area contributed by atoms with Crippen LogP contribution in [0.25, 0.3) is 0 Å². The van der Waals surface area contributed by atoms with Crippen LogP contribution >= 0.6 is 34.8 Å². The summed E-state index contributed by atoms with van der Waals surface area (Å²) in [6.45, 7) is 0.203. The van der Waals surface area contributed by atoms with E-state index in [-0.39, 0.29) is 18.6 Å². The number of ether oxygens (including phenoxy) is 2. The van der Waals surface area contributed by atoms with Gasteiger partial charge in [-0.05, 0) is 54.1 Å². The van der Waals surface area contributed by atoms with Crippen LogP contribution in [0.15, 0.2) is 59.6 Å². The Hall–Kier alpha value is -2.44. The monoisotopic (exact) mass is 474 g/mol. The van der Waals surface area contributed by atoms with Crippen LogP contribution in [0.3, 0.4) is 0 Å². The van der Waals surface area contributed by atoms with Gasteiger partial charge in [-0.2, -0.15) is 0 Å². The highest BCUT2D eigenvalue weighted by atomic mass is 35.5. The summed E-state index contributed by atoms with van der Waals surface area (Å²) in [5.74, 6) is 1.55. The van der Waals surface area contributed by atoms with Gasteiger partial charge in [-0.1, -0.05) is 40.9 Å². The van der Waals surface area contributed by atoms with E-state index in [1.54, 1.807) is 30.3 Å². The van der Waals surface area contributed by atoms with Gasteiger partial charge >= 0.3 is 0 Å². The molecule has 0 saturated heterocycles. The molecule has 31 heavy (non-hydrogen) atoms. The van der Waals surface area contributed by atoms with E-state index < -0.39 is 6.17 Å². The Morgan fingerprint density at radius 2 is 1.65 bits per heavy atom. The summed E-state index contributed by atoms with van der Waals surface area (Å²) in [6, 6.07) is 15.8. The molecule has 2 aliphatic rings. The molecule has 3 aromatic rings. The van der Waals surface area contributed by atoms with Crippen LogP contribution in [0.5, 0.6) is 17.2 Å². The maximum Gasteiger partial charge on any atom is 0.231 e. The zero-order valence-corrected chi connectivity index (χ0v) is 18.4. The van der Waals surface area contributed by atoms with Gasteiger partial charge in [0.05, 0.1) is 0 Å². The van der Waals surface area contributed by atoms with Crippen LogP contribution < -0.4 is 14.8 Å². The number of nitrogens with zero attached hydrogens (tertiary/aromatic N) is 1. The third kappa shape index (κ3) is 4.06. The van der Waals surface area contributed by atoms with Crippen molar-refractivity contribution >= 4 is 40.5 Å². The molecule has 0 saturated carbocycles. The normalized spacial score (nSPS) is 19.9. The van der Waals surface area contributed by atoms with Crippen LogP contribution in [-0.2, 0) is 0 Å². The van der Waals surface area contributed by atoms with Crippen molar-refractivity contribution in [2.24, 2.45) is 4.99 Å². The second-order valence-corrected chi connectivity index (χ2v) is 8.62. The van der Waals surface area contributed by atoms with Gasteiger partial charge < -0.3 is 14.6 Å². The van der Waals surface area contributed by atoms with Crippen molar-refractivity contribution in [1.29, 1.82) is 0 Å². The number of fused-ring (bicyclic) bond motifs is 1. The van der Waals surface area contributed by atoms with Gasteiger partial charge in [0.2, 0.25) is 6.79 Å². The second-order valence-electron chi connectivity index (χ2n) is 7.34. The largest absolute Gasteiger partial charge is 0.508 e. The molecule has 5 rings (SSSR count). The lowest BCUT2D eigenvalue weighted by molar-refractivity contribution is 0.174. The second kappa shape index (κ2) is 8.24. The maximum absolute atomic E-state index is 10.5. The first-order valence-electron chi connectivity index (χ1n) is 9.64. The number of aliphatic imine (C=N–C) groups is 1. The van der Waals surface area contributed by atoms with E-state index in [9.17, 15) is 5.11 Å². The predicted octanol–water partition coefficient (Wildman–Crippen LogP) is 6.30. The molecule has 0 bridgehead atoms. The highest BCUT2D eigenvalue weighted by Gasteiger charge is 2.29. The molecule has 2 atom stereocenters. The summed E-state index contributed by atoms with van der Waals surface area (Å²) in [4.78, 5) is 4.93. The number of halogens is 3. The third-order valence-electron chi connectivity index (χ3n) is 5.37. The molecule has 0 spiro atoms. The summed E-state index contributed by atoms with van der Waals surface area (Å²) in [5.41, 5.74) is 3.23. The van der Waals surface area contributed by atoms with Gasteiger partial charge in [0.15, 0.2) is 11.5 Å². The Morgan fingerprint density at radius 3 is 2.48 bits per heavy atom. The summed E-state index contributed by atoms with van der Waals surface area (Å²) < 4.78 is 11.0. The first-order chi connectivity index (χ1) is 15.0. The first-order valence-corrected chi connectivity index (χ1v) is 10.8. The lowest BCUT2D eigenvalue weighted by Crippen LogP contribution is -2.33. The van der Waals surface area contributed by atoms with E-state index in [2.05, 4.69) is 5.32 Å². The molecule has 158 valence electrons. The molecule has 0 radical (unpaired) electrons. The zero-order chi connectivity index (χ0) is 21.5. The number of benzene rings is 3. The number of aromatic hydroxyl groups is 1. The fourth-order valence-corrected chi connectivity index (χ4v) is 4.54. The first kappa shape index (κ1) is 20.5. The minimum Gasteiger partial charge on any atom is -0.508 e. The van der Waals surface area contributed by atoms with Crippen LogP contribution in [0, 0.1) is 0 Å². The van der Waals surface area contributed by atoms with E-state index >= 15 is 0 Å². The molecule has 2 N–H and O–H groups in total. The van der Waals surface area contributed by atoms with Crippen molar-refractivity contribution in [2.45, 2.75) is 18.6 Å². The highest BCUT2D eigenvalue weighted by molar-refractivity contribution is 6.35. The Kier molecular flexibility index (Phi) is 5.44. The van der Waals surface area contributed by atoms with Crippen molar-refractivity contribution in [3.8, 4) is 17.2 Å². The molecule has 0 fully saturated rings. The zero-order valence-electron chi connectivity index (χ0n) is 16.1. The molecule has 0 aliphatic carbocycles. The van der Waals surface area contributed by atoms with Gasteiger partial charge in [-0.15, -0.1) is 0 Å². The molecular weight excluding hydrogens is 459 g/mol. The minimum atomic E-state index is -0.442. The lowest BCUT2D eigenvalue weighted by atomic mass is 9.93. The van der Waals surface area contributed by atoms with Crippen LogP contribution in [0.1, 0.15) is 35.3 Å². The summed E-state index contributed by atoms with van der Waals surface area (Å²) in [5, 5.41) is 15.6. The smallest absolute Gasteiger partial charge is 0.231 e.